The molecule has 1 nitrogen and oxygen atoms in total. The topological polar surface area (TPSA) is 20.2 Å². The van der Waals surface area contributed by atoms with Crippen LogP contribution in [0.4, 0.5) is 0 Å². The molecule has 0 heterocycles. The Labute approximate surface area is 58.1 Å². The molecule has 0 aliphatic heterocycles. The third-order valence-electron chi connectivity index (χ3n) is 1.82. The maximum Gasteiger partial charge on any atom is 0.0565 e. The standard InChI is InChI=1S/C6H12O.C2H6/c1-5-3-2-4-6(5)7;1-2/h5-7H,2-4H2,1H3;1-2H3/t5-,6+;/m0./s1. The molecule has 1 saturated carbocycles. The molecule has 1 rings (SSSR count). The zero-order valence-electron chi connectivity index (χ0n) is 6.72. The molecule has 0 aromatic heterocycles. The Morgan fingerprint density at radius 2 is 1.78 bits per heavy atom. The molecule has 56 valence electrons. The fourth-order valence-electron chi connectivity index (χ4n) is 1.13. The Balaban J connectivity index is 0.000000291. The van der Waals surface area contributed by atoms with E-state index in [1.807, 2.05) is 13.8 Å². The number of aliphatic hydroxyl groups excluding tert-OH is 1. The van der Waals surface area contributed by atoms with Gasteiger partial charge in [-0.15, -0.1) is 0 Å². The molecule has 0 radical (unpaired) electrons. The van der Waals surface area contributed by atoms with E-state index in [1.54, 1.807) is 0 Å². The molecule has 9 heavy (non-hydrogen) atoms. The largest absolute Gasteiger partial charge is 0.393 e. The van der Waals surface area contributed by atoms with Gasteiger partial charge in [-0.2, -0.15) is 0 Å². The average Bonchev–Trinajstić information content (AvgIpc) is 2.23. The highest BCUT2D eigenvalue weighted by atomic mass is 16.3. The molecular formula is C8H18O. The highest BCUT2D eigenvalue weighted by Gasteiger charge is 2.19. The van der Waals surface area contributed by atoms with Crippen LogP contribution in [0.25, 0.3) is 0 Å². The smallest absolute Gasteiger partial charge is 0.0565 e. The fraction of sp³-hybridized carbons (Fsp3) is 1.00. The summed E-state index contributed by atoms with van der Waals surface area (Å²) in [6.45, 7) is 6.11. The second-order valence-corrected chi connectivity index (χ2v) is 2.48. The van der Waals surface area contributed by atoms with Crippen LogP contribution in [0.5, 0.6) is 0 Å². The summed E-state index contributed by atoms with van der Waals surface area (Å²) in [6, 6.07) is 0. The van der Waals surface area contributed by atoms with Crippen LogP contribution in [0.2, 0.25) is 0 Å². The fourth-order valence-corrected chi connectivity index (χ4v) is 1.13. The first kappa shape index (κ1) is 8.96. The van der Waals surface area contributed by atoms with Gasteiger partial charge in [0.2, 0.25) is 0 Å². The third kappa shape index (κ3) is 2.85. The lowest BCUT2D eigenvalue weighted by Gasteiger charge is -2.04. The quantitative estimate of drug-likeness (QED) is 0.533. The highest BCUT2D eigenvalue weighted by molar-refractivity contribution is 4.71. The van der Waals surface area contributed by atoms with Gasteiger partial charge < -0.3 is 5.11 Å². The van der Waals surface area contributed by atoms with Crippen molar-refractivity contribution in [2.24, 2.45) is 5.92 Å². The molecule has 0 saturated heterocycles. The minimum Gasteiger partial charge on any atom is -0.393 e. The zero-order valence-corrected chi connectivity index (χ0v) is 6.72. The van der Waals surface area contributed by atoms with Gasteiger partial charge in [-0.3, -0.25) is 0 Å². The molecule has 1 aliphatic carbocycles. The van der Waals surface area contributed by atoms with Crippen molar-refractivity contribution >= 4 is 0 Å². The van der Waals surface area contributed by atoms with Gasteiger partial charge in [0, 0.05) is 0 Å². The Bertz CT molecular complexity index is 53.6. The third-order valence-corrected chi connectivity index (χ3v) is 1.82. The van der Waals surface area contributed by atoms with Crippen LogP contribution < -0.4 is 0 Å². The van der Waals surface area contributed by atoms with E-state index < -0.39 is 0 Å². The minimum absolute atomic E-state index is 0.0139. The molecule has 2 atom stereocenters. The van der Waals surface area contributed by atoms with Gasteiger partial charge >= 0.3 is 0 Å². The normalized spacial score (nSPS) is 33.3. The molecule has 0 unspecified atom stereocenters. The highest BCUT2D eigenvalue weighted by Crippen LogP contribution is 2.23. The Morgan fingerprint density at radius 1 is 1.22 bits per heavy atom. The summed E-state index contributed by atoms with van der Waals surface area (Å²) in [5.74, 6) is 0.569. The Kier molecular flexibility index (Phi) is 4.78. The van der Waals surface area contributed by atoms with E-state index in [1.165, 1.54) is 12.8 Å². The molecule has 0 spiro atoms. The van der Waals surface area contributed by atoms with Crippen molar-refractivity contribution in [1.29, 1.82) is 0 Å². The second kappa shape index (κ2) is 4.80. The van der Waals surface area contributed by atoms with Gasteiger partial charge in [0.05, 0.1) is 6.10 Å². The van der Waals surface area contributed by atoms with Crippen molar-refractivity contribution in [3.05, 3.63) is 0 Å². The maximum absolute atomic E-state index is 9.00. The van der Waals surface area contributed by atoms with E-state index in [0.717, 1.165) is 6.42 Å². The van der Waals surface area contributed by atoms with E-state index in [4.69, 9.17) is 5.11 Å². The SMILES string of the molecule is CC.C[C@H]1CCC[C@H]1O. The van der Waals surface area contributed by atoms with E-state index in [0.29, 0.717) is 5.92 Å². The van der Waals surface area contributed by atoms with Crippen LogP contribution in [-0.2, 0) is 0 Å². The molecule has 0 bridgehead atoms. The monoisotopic (exact) mass is 130 g/mol. The van der Waals surface area contributed by atoms with Crippen molar-refractivity contribution < 1.29 is 5.11 Å². The Hall–Kier alpha value is -0.0400. The van der Waals surface area contributed by atoms with E-state index in [-0.39, 0.29) is 6.10 Å². The predicted octanol–water partition coefficient (Wildman–Crippen LogP) is 2.19. The Morgan fingerprint density at radius 3 is 1.89 bits per heavy atom. The first-order valence-electron chi connectivity index (χ1n) is 3.99. The summed E-state index contributed by atoms with van der Waals surface area (Å²) in [7, 11) is 0. The summed E-state index contributed by atoms with van der Waals surface area (Å²) in [6.07, 6.45) is 3.49. The van der Waals surface area contributed by atoms with Crippen molar-refractivity contribution in [3.63, 3.8) is 0 Å². The zero-order chi connectivity index (χ0) is 7.28. The van der Waals surface area contributed by atoms with Gasteiger partial charge in [-0.25, -0.2) is 0 Å². The first-order valence-corrected chi connectivity index (χ1v) is 3.99. The summed E-state index contributed by atoms with van der Waals surface area (Å²) >= 11 is 0. The molecule has 1 aliphatic rings. The van der Waals surface area contributed by atoms with Crippen LogP contribution in [0.3, 0.4) is 0 Å². The number of aliphatic hydroxyl groups is 1. The lowest BCUT2D eigenvalue weighted by molar-refractivity contribution is 0.141. The van der Waals surface area contributed by atoms with Crippen molar-refractivity contribution in [1.82, 2.24) is 0 Å². The molecule has 1 N–H and O–H groups in total. The van der Waals surface area contributed by atoms with Gasteiger partial charge in [-0.1, -0.05) is 27.2 Å². The van der Waals surface area contributed by atoms with Crippen LogP contribution in [-0.4, -0.2) is 11.2 Å². The van der Waals surface area contributed by atoms with E-state index in [2.05, 4.69) is 6.92 Å². The molecule has 1 fully saturated rings. The van der Waals surface area contributed by atoms with Gasteiger partial charge in [0.25, 0.3) is 0 Å². The van der Waals surface area contributed by atoms with Crippen LogP contribution in [0.15, 0.2) is 0 Å². The summed E-state index contributed by atoms with van der Waals surface area (Å²) < 4.78 is 0. The number of hydrogen-bond acceptors (Lipinski definition) is 1. The van der Waals surface area contributed by atoms with Gasteiger partial charge in [-0.05, 0) is 18.8 Å². The van der Waals surface area contributed by atoms with Crippen molar-refractivity contribution in [2.45, 2.75) is 46.1 Å². The lowest BCUT2D eigenvalue weighted by atomic mass is 10.1. The minimum atomic E-state index is 0.0139. The molecule has 0 aromatic rings. The summed E-state index contributed by atoms with van der Waals surface area (Å²) in [5, 5.41) is 9.00. The summed E-state index contributed by atoms with van der Waals surface area (Å²) in [5.41, 5.74) is 0. The van der Waals surface area contributed by atoms with Crippen LogP contribution in [0, 0.1) is 5.92 Å². The van der Waals surface area contributed by atoms with Crippen LogP contribution in [0.1, 0.15) is 40.0 Å². The summed E-state index contributed by atoms with van der Waals surface area (Å²) in [4.78, 5) is 0. The second-order valence-electron chi connectivity index (χ2n) is 2.48. The molecule has 0 aromatic carbocycles. The van der Waals surface area contributed by atoms with Crippen molar-refractivity contribution in [3.8, 4) is 0 Å². The van der Waals surface area contributed by atoms with E-state index in [9.17, 15) is 0 Å². The van der Waals surface area contributed by atoms with Gasteiger partial charge in [0.15, 0.2) is 0 Å². The van der Waals surface area contributed by atoms with Crippen molar-refractivity contribution in [2.75, 3.05) is 0 Å². The molecular weight excluding hydrogens is 112 g/mol. The van der Waals surface area contributed by atoms with Gasteiger partial charge in [0.1, 0.15) is 0 Å². The number of hydrogen-bond donors (Lipinski definition) is 1. The first-order chi connectivity index (χ1) is 4.30. The van der Waals surface area contributed by atoms with Crippen LogP contribution >= 0.6 is 0 Å². The molecule has 1 heteroatoms. The molecule has 0 amide bonds. The maximum atomic E-state index is 9.00. The number of rotatable bonds is 0. The predicted molar refractivity (Wildman–Crippen MR) is 40.4 cm³/mol. The average molecular weight is 130 g/mol. The lowest BCUT2D eigenvalue weighted by Crippen LogP contribution is -2.07. The van der Waals surface area contributed by atoms with E-state index >= 15 is 0 Å².